The molecule has 3 aromatic carbocycles. The molecule has 1 amide bonds. The molecular formula is C19H17N3O2. The number of nitrogens with one attached hydrogen (secondary N) is 1. The van der Waals surface area contributed by atoms with Gasteiger partial charge in [0.25, 0.3) is 5.91 Å². The van der Waals surface area contributed by atoms with E-state index in [-0.39, 0.29) is 11.3 Å². The van der Waals surface area contributed by atoms with Crippen LogP contribution in [0.25, 0.3) is 32.6 Å². The molecular weight excluding hydrogens is 302 g/mol. The van der Waals surface area contributed by atoms with Crippen molar-refractivity contribution in [2.24, 2.45) is 5.84 Å². The number of amides is 1. The van der Waals surface area contributed by atoms with Crippen molar-refractivity contribution in [3.05, 3.63) is 54.1 Å². The van der Waals surface area contributed by atoms with Gasteiger partial charge < -0.3 is 9.67 Å². The number of fused-ring (bicyclic) bond motifs is 5. The standard InChI is InChI=1S/C19H17N3O2/c1-2-22-16-6-4-3-5-12(16)13-8-7-11-9-15(19(24)21-20)17(23)10-14(11)18(13)22/h3-10,23H,2,20H2,1H3,(H,21,24). The first-order valence-electron chi connectivity index (χ1n) is 7.83. The van der Waals surface area contributed by atoms with Crippen molar-refractivity contribution < 1.29 is 9.90 Å². The highest BCUT2D eigenvalue weighted by Gasteiger charge is 2.16. The van der Waals surface area contributed by atoms with E-state index in [9.17, 15) is 9.90 Å². The molecule has 24 heavy (non-hydrogen) atoms. The summed E-state index contributed by atoms with van der Waals surface area (Å²) in [5.41, 5.74) is 4.45. The molecule has 0 aliphatic heterocycles. The number of phenols is 1. The monoisotopic (exact) mass is 319 g/mol. The van der Waals surface area contributed by atoms with Gasteiger partial charge in [-0.3, -0.25) is 10.2 Å². The summed E-state index contributed by atoms with van der Waals surface area (Å²) < 4.78 is 2.23. The lowest BCUT2D eigenvalue weighted by Gasteiger charge is -2.09. The van der Waals surface area contributed by atoms with Crippen molar-refractivity contribution in [2.45, 2.75) is 13.5 Å². The molecule has 0 radical (unpaired) electrons. The van der Waals surface area contributed by atoms with Gasteiger partial charge in [0, 0.05) is 28.2 Å². The summed E-state index contributed by atoms with van der Waals surface area (Å²) >= 11 is 0. The number of aromatic nitrogens is 1. The van der Waals surface area contributed by atoms with E-state index in [2.05, 4.69) is 35.1 Å². The third-order valence-corrected chi connectivity index (χ3v) is 4.55. The fourth-order valence-electron chi connectivity index (χ4n) is 3.50. The second kappa shape index (κ2) is 5.25. The number of hydrogen-bond acceptors (Lipinski definition) is 3. The maximum atomic E-state index is 11.8. The molecule has 120 valence electrons. The number of carbonyl (C=O) groups is 1. The second-order valence-electron chi connectivity index (χ2n) is 5.79. The fourth-order valence-corrected chi connectivity index (χ4v) is 3.50. The molecule has 4 N–H and O–H groups in total. The van der Waals surface area contributed by atoms with Crippen LogP contribution in [-0.4, -0.2) is 15.6 Å². The van der Waals surface area contributed by atoms with Gasteiger partial charge in [-0.2, -0.15) is 0 Å². The van der Waals surface area contributed by atoms with E-state index < -0.39 is 5.91 Å². The molecule has 5 heteroatoms. The Kier molecular flexibility index (Phi) is 3.18. The Morgan fingerprint density at radius 1 is 1.12 bits per heavy atom. The molecule has 0 aliphatic rings. The minimum absolute atomic E-state index is 0.0779. The molecule has 0 fully saturated rings. The topological polar surface area (TPSA) is 80.3 Å². The van der Waals surface area contributed by atoms with Crippen LogP contribution >= 0.6 is 0 Å². The Morgan fingerprint density at radius 2 is 1.92 bits per heavy atom. The third-order valence-electron chi connectivity index (χ3n) is 4.55. The molecule has 1 heterocycles. The fraction of sp³-hybridized carbons (Fsp3) is 0.105. The van der Waals surface area contributed by atoms with E-state index in [0.717, 1.165) is 33.7 Å². The minimum atomic E-state index is -0.509. The van der Waals surface area contributed by atoms with Gasteiger partial charge in [-0.05, 0) is 30.5 Å². The Labute approximate surface area is 138 Å². The zero-order valence-electron chi connectivity index (χ0n) is 13.2. The van der Waals surface area contributed by atoms with E-state index in [1.165, 1.54) is 5.39 Å². The first-order valence-corrected chi connectivity index (χ1v) is 7.83. The van der Waals surface area contributed by atoms with E-state index >= 15 is 0 Å². The Bertz CT molecular complexity index is 1110. The van der Waals surface area contributed by atoms with Gasteiger partial charge in [-0.25, -0.2) is 5.84 Å². The van der Waals surface area contributed by atoms with Crippen LogP contribution < -0.4 is 11.3 Å². The van der Waals surface area contributed by atoms with Crippen LogP contribution in [0.1, 0.15) is 17.3 Å². The number of phenolic OH excluding ortho intramolecular Hbond substituents is 1. The minimum Gasteiger partial charge on any atom is -0.507 e. The highest BCUT2D eigenvalue weighted by Crippen LogP contribution is 2.36. The third kappa shape index (κ3) is 1.88. The zero-order chi connectivity index (χ0) is 16.8. The lowest BCUT2D eigenvalue weighted by atomic mass is 10.0. The molecule has 0 aliphatic carbocycles. The Hall–Kier alpha value is -3.05. The van der Waals surface area contributed by atoms with Gasteiger partial charge in [-0.15, -0.1) is 0 Å². The number of para-hydroxylation sites is 1. The summed E-state index contributed by atoms with van der Waals surface area (Å²) in [6, 6.07) is 15.6. The molecule has 0 unspecified atom stereocenters. The summed E-state index contributed by atoms with van der Waals surface area (Å²) in [5.74, 6) is 4.60. The Morgan fingerprint density at radius 3 is 2.67 bits per heavy atom. The summed E-state index contributed by atoms with van der Waals surface area (Å²) in [4.78, 5) is 11.8. The quantitative estimate of drug-likeness (QED) is 0.301. The van der Waals surface area contributed by atoms with Crippen molar-refractivity contribution in [1.82, 2.24) is 9.99 Å². The van der Waals surface area contributed by atoms with Crippen molar-refractivity contribution in [3.8, 4) is 5.75 Å². The number of rotatable bonds is 2. The largest absolute Gasteiger partial charge is 0.507 e. The first-order chi connectivity index (χ1) is 11.7. The SMILES string of the molecule is CCn1c2ccccc2c2ccc3cc(C(=O)NN)c(O)cc3c21. The molecule has 5 nitrogen and oxygen atoms in total. The lowest BCUT2D eigenvalue weighted by Crippen LogP contribution is -2.30. The number of nitrogens with zero attached hydrogens (tertiary/aromatic N) is 1. The van der Waals surface area contributed by atoms with Crippen LogP contribution in [0.3, 0.4) is 0 Å². The molecule has 0 atom stereocenters. The molecule has 4 aromatic rings. The van der Waals surface area contributed by atoms with Crippen LogP contribution in [-0.2, 0) is 6.54 Å². The average Bonchev–Trinajstić information content (AvgIpc) is 2.94. The van der Waals surface area contributed by atoms with Crippen LogP contribution in [0.15, 0.2) is 48.5 Å². The maximum absolute atomic E-state index is 11.8. The van der Waals surface area contributed by atoms with Crippen LogP contribution in [0.4, 0.5) is 0 Å². The first kappa shape index (κ1) is 14.5. The van der Waals surface area contributed by atoms with Gasteiger partial charge in [-0.1, -0.05) is 30.3 Å². The van der Waals surface area contributed by atoms with Gasteiger partial charge in [0.1, 0.15) is 5.75 Å². The maximum Gasteiger partial charge on any atom is 0.268 e. The van der Waals surface area contributed by atoms with Gasteiger partial charge >= 0.3 is 0 Å². The predicted molar refractivity (Wildman–Crippen MR) is 95.9 cm³/mol. The van der Waals surface area contributed by atoms with Crippen LogP contribution in [0.5, 0.6) is 5.75 Å². The lowest BCUT2D eigenvalue weighted by molar-refractivity contribution is 0.0951. The Balaban J connectivity index is 2.18. The number of hydrazine groups is 1. The van der Waals surface area contributed by atoms with Crippen molar-refractivity contribution in [1.29, 1.82) is 0 Å². The van der Waals surface area contributed by atoms with Gasteiger partial charge in [0.05, 0.1) is 11.1 Å². The van der Waals surface area contributed by atoms with Crippen molar-refractivity contribution in [2.75, 3.05) is 0 Å². The smallest absolute Gasteiger partial charge is 0.268 e. The molecule has 0 saturated carbocycles. The zero-order valence-corrected chi connectivity index (χ0v) is 13.2. The van der Waals surface area contributed by atoms with E-state index in [1.807, 2.05) is 18.2 Å². The summed E-state index contributed by atoms with van der Waals surface area (Å²) in [6.07, 6.45) is 0. The number of aryl methyl sites for hydroxylation is 1. The van der Waals surface area contributed by atoms with E-state index in [4.69, 9.17) is 5.84 Å². The number of nitrogens with two attached hydrogens (primary N) is 1. The predicted octanol–water partition coefficient (Wildman–Crippen LogP) is 3.28. The summed E-state index contributed by atoms with van der Waals surface area (Å²) in [5, 5.41) is 14.4. The molecule has 4 rings (SSSR count). The van der Waals surface area contributed by atoms with Crippen LogP contribution in [0, 0.1) is 0 Å². The molecule has 0 bridgehead atoms. The molecule has 0 spiro atoms. The van der Waals surface area contributed by atoms with E-state index in [0.29, 0.717) is 0 Å². The number of nitrogen functional groups attached to an aromatic ring is 1. The van der Waals surface area contributed by atoms with Gasteiger partial charge in [0.2, 0.25) is 0 Å². The summed E-state index contributed by atoms with van der Waals surface area (Å²) in [6.45, 7) is 2.91. The average molecular weight is 319 g/mol. The molecule has 1 aromatic heterocycles. The highest BCUT2D eigenvalue weighted by atomic mass is 16.3. The number of benzene rings is 3. The number of carbonyl (C=O) groups excluding carboxylic acids is 1. The van der Waals surface area contributed by atoms with Gasteiger partial charge in [0.15, 0.2) is 0 Å². The molecule has 0 saturated heterocycles. The second-order valence-corrected chi connectivity index (χ2v) is 5.79. The normalized spacial score (nSPS) is 11.4. The van der Waals surface area contributed by atoms with Crippen molar-refractivity contribution in [3.63, 3.8) is 0 Å². The van der Waals surface area contributed by atoms with Crippen LogP contribution in [0.2, 0.25) is 0 Å². The van der Waals surface area contributed by atoms with E-state index in [1.54, 1.807) is 12.1 Å². The highest BCUT2D eigenvalue weighted by molar-refractivity contribution is 6.18. The number of hydrogen-bond donors (Lipinski definition) is 3. The number of aromatic hydroxyl groups is 1. The summed E-state index contributed by atoms with van der Waals surface area (Å²) in [7, 11) is 0. The van der Waals surface area contributed by atoms with Crippen molar-refractivity contribution >= 4 is 38.5 Å².